The van der Waals surface area contributed by atoms with Crippen LogP contribution < -0.4 is 0 Å². The molecule has 0 amide bonds. The number of pyridine rings is 1. The van der Waals surface area contributed by atoms with Gasteiger partial charge in [-0.15, -0.1) is 0 Å². The molecule has 88 valence electrons. The Morgan fingerprint density at radius 3 is 2.71 bits per heavy atom. The second kappa shape index (κ2) is 4.36. The van der Waals surface area contributed by atoms with Crippen LogP contribution in [0.15, 0.2) is 36.7 Å². The molecule has 2 aromatic rings. The van der Waals surface area contributed by atoms with E-state index in [2.05, 4.69) is 41.1 Å². The van der Waals surface area contributed by atoms with Crippen LogP contribution in [0.3, 0.4) is 0 Å². The standard InChI is InChI=1S/C15H17NO/c17-11-12-4-6-13(7-5-12)14-9-15-3-1-2-8-16(15)10-14/h1-3,8-13H,4-7H2/t12-,13-. The number of aldehydes is 1. The lowest BCUT2D eigenvalue weighted by Crippen LogP contribution is -2.13. The van der Waals surface area contributed by atoms with Gasteiger partial charge < -0.3 is 9.20 Å². The van der Waals surface area contributed by atoms with E-state index in [9.17, 15) is 4.79 Å². The molecule has 1 fully saturated rings. The lowest BCUT2D eigenvalue weighted by Gasteiger charge is -2.24. The minimum Gasteiger partial charge on any atom is -0.324 e. The number of rotatable bonds is 2. The van der Waals surface area contributed by atoms with Crippen LogP contribution in [0.4, 0.5) is 0 Å². The van der Waals surface area contributed by atoms with Crippen LogP contribution in [-0.4, -0.2) is 10.7 Å². The summed E-state index contributed by atoms with van der Waals surface area (Å²) in [5, 5.41) is 0. The Hall–Kier alpha value is -1.57. The Morgan fingerprint density at radius 2 is 2.00 bits per heavy atom. The monoisotopic (exact) mass is 227 g/mol. The van der Waals surface area contributed by atoms with Gasteiger partial charge in [0.15, 0.2) is 0 Å². The average molecular weight is 227 g/mol. The smallest absolute Gasteiger partial charge is 0.123 e. The summed E-state index contributed by atoms with van der Waals surface area (Å²) < 4.78 is 2.18. The van der Waals surface area contributed by atoms with Crippen molar-refractivity contribution in [1.82, 2.24) is 4.40 Å². The van der Waals surface area contributed by atoms with Gasteiger partial charge in [-0.25, -0.2) is 0 Å². The zero-order valence-corrected chi connectivity index (χ0v) is 9.88. The molecule has 0 N–H and O–H groups in total. The van der Waals surface area contributed by atoms with Gasteiger partial charge in [-0.1, -0.05) is 6.07 Å². The highest BCUT2D eigenvalue weighted by Gasteiger charge is 2.22. The zero-order valence-electron chi connectivity index (χ0n) is 9.88. The molecule has 1 aliphatic rings. The molecule has 17 heavy (non-hydrogen) atoms. The SMILES string of the molecule is O=C[C@H]1CC[C@H](c2cc3ccccn3c2)CC1. The third kappa shape index (κ3) is 1.99. The van der Waals surface area contributed by atoms with Crippen molar-refractivity contribution in [1.29, 1.82) is 0 Å². The Morgan fingerprint density at radius 1 is 1.18 bits per heavy atom. The van der Waals surface area contributed by atoms with Gasteiger partial charge in [0.2, 0.25) is 0 Å². The summed E-state index contributed by atoms with van der Waals surface area (Å²) in [6.07, 6.45) is 9.88. The third-order valence-electron chi connectivity index (χ3n) is 3.96. The van der Waals surface area contributed by atoms with Gasteiger partial charge in [0, 0.05) is 23.8 Å². The largest absolute Gasteiger partial charge is 0.324 e. The van der Waals surface area contributed by atoms with Crippen LogP contribution in [0.2, 0.25) is 0 Å². The Bertz CT molecular complexity index is 487. The summed E-state index contributed by atoms with van der Waals surface area (Å²) in [7, 11) is 0. The van der Waals surface area contributed by atoms with E-state index in [-0.39, 0.29) is 0 Å². The van der Waals surface area contributed by atoms with Gasteiger partial charge in [-0.3, -0.25) is 0 Å². The van der Waals surface area contributed by atoms with Crippen molar-refractivity contribution >= 4 is 11.8 Å². The molecule has 0 spiro atoms. The maximum Gasteiger partial charge on any atom is 0.123 e. The molecule has 0 bridgehead atoms. The van der Waals surface area contributed by atoms with Crippen molar-refractivity contribution in [3.8, 4) is 0 Å². The summed E-state index contributed by atoms with van der Waals surface area (Å²) >= 11 is 0. The highest BCUT2D eigenvalue weighted by atomic mass is 16.1. The first-order chi connectivity index (χ1) is 8.36. The van der Waals surface area contributed by atoms with E-state index in [1.165, 1.54) is 11.1 Å². The van der Waals surface area contributed by atoms with E-state index in [4.69, 9.17) is 0 Å². The summed E-state index contributed by atoms with van der Waals surface area (Å²) in [5.41, 5.74) is 2.69. The van der Waals surface area contributed by atoms with Crippen molar-refractivity contribution in [3.05, 3.63) is 42.2 Å². The molecule has 1 aliphatic carbocycles. The summed E-state index contributed by atoms with van der Waals surface area (Å²) in [6.45, 7) is 0. The van der Waals surface area contributed by atoms with Crippen molar-refractivity contribution in [2.24, 2.45) is 5.92 Å². The number of carbonyl (C=O) groups is 1. The molecule has 3 rings (SSSR count). The van der Waals surface area contributed by atoms with Crippen LogP contribution >= 0.6 is 0 Å². The summed E-state index contributed by atoms with van der Waals surface area (Å²) in [4.78, 5) is 10.7. The minimum absolute atomic E-state index is 0.309. The summed E-state index contributed by atoms with van der Waals surface area (Å²) in [5.74, 6) is 0.953. The minimum atomic E-state index is 0.309. The maximum atomic E-state index is 10.7. The number of carbonyl (C=O) groups excluding carboxylic acids is 1. The number of aromatic nitrogens is 1. The predicted octanol–water partition coefficient (Wildman–Crippen LogP) is 3.41. The lowest BCUT2D eigenvalue weighted by molar-refractivity contribution is -0.111. The topological polar surface area (TPSA) is 21.5 Å². The maximum absolute atomic E-state index is 10.7. The molecule has 0 unspecified atom stereocenters. The van der Waals surface area contributed by atoms with Crippen LogP contribution in [0, 0.1) is 5.92 Å². The second-order valence-electron chi connectivity index (χ2n) is 5.05. The molecule has 2 heteroatoms. The van der Waals surface area contributed by atoms with Crippen LogP contribution in [0.1, 0.15) is 37.2 Å². The van der Waals surface area contributed by atoms with Crippen molar-refractivity contribution in [2.75, 3.05) is 0 Å². The Balaban J connectivity index is 1.82. The van der Waals surface area contributed by atoms with Crippen LogP contribution in [0.25, 0.3) is 5.52 Å². The van der Waals surface area contributed by atoms with Crippen molar-refractivity contribution < 1.29 is 4.79 Å². The fraction of sp³-hybridized carbons (Fsp3) is 0.400. The van der Waals surface area contributed by atoms with Crippen LogP contribution in [-0.2, 0) is 4.79 Å². The molecular weight excluding hydrogens is 210 g/mol. The Labute approximate surface area is 101 Å². The lowest BCUT2D eigenvalue weighted by atomic mass is 9.80. The fourth-order valence-corrected chi connectivity index (χ4v) is 2.89. The molecular formula is C15H17NO. The molecule has 1 saturated carbocycles. The first-order valence-electron chi connectivity index (χ1n) is 6.39. The van der Waals surface area contributed by atoms with Gasteiger partial charge in [0.25, 0.3) is 0 Å². The molecule has 0 atom stereocenters. The summed E-state index contributed by atoms with van der Waals surface area (Å²) in [6, 6.07) is 8.55. The van der Waals surface area contributed by atoms with Gasteiger partial charge in [0.05, 0.1) is 0 Å². The van der Waals surface area contributed by atoms with E-state index in [0.717, 1.165) is 32.0 Å². The molecule has 0 saturated heterocycles. The third-order valence-corrected chi connectivity index (χ3v) is 3.96. The number of nitrogens with zero attached hydrogens (tertiary/aromatic N) is 1. The van der Waals surface area contributed by atoms with Crippen molar-refractivity contribution in [3.63, 3.8) is 0 Å². The van der Waals surface area contributed by atoms with E-state index < -0.39 is 0 Å². The van der Waals surface area contributed by atoms with Gasteiger partial charge in [-0.05, 0) is 55.4 Å². The van der Waals surface area contributed by atoms with E-state index in [1.54, 1.807) is 0 Å². The highest BCUT2D eigenvalue weighted by Crippen LogP contribution is 2.35. The molecule has 2 aromatic heterocycles. The van der Waals surface area contributed by atoms with E-state index in [1.807, 2.05) is 0 Å². The molecule has 2 nitrogen and oxygen atoms in total. The number of fused-ring (bicyclic) bond motifs is 1. The van der Waals surface area contributed by atoms with Crippen molar-refractivity contribution in [2.45, 2.75) is 31.6 Å². The zero-order chi connectivity index (χ0) is 11.7. The average Bonchev–Trinajstić information content (AvgIpc) is 2.82. The molecule has 0 aliphatic heterocycles. The fourth-order valence-electron chi connectivity index (χ4n) is 2.89. The van der Waals surface area contributed by atoms with Gasteiger partial charge >= 0.3 is 0 Å². The first-order valence-corrected chi connectivity index (χ1v) is 6.39. The van der Waals surface area contributed by atoms with Gasteiger partial charge in [0.1, 0.15) is 6.29 Å². The molecule has 2 heterocycles. The number of hydrogen-bond acceptors (Lipinski definition) is 1. The normalized spacial score (nSPS) is 24.9. The first kappa shape index (κ1) is 10.6. The van der Waals surface area contributed by atoms with E-state index in [0.29, 0.717) is 11.8 Å². The second-order valence-corrected chi connectivity index (χ2v) is 5.05. The van der Waals surface area contributed by atoms with Gasteiger partial charge in [-0.2, -0.15) is 0 Å². The van der Waals surface area contributed by atoms with E-state index >= 15 is 0 Å². The Kier molecular flexibility index (Phi) is 2.71. The molecule has 0 aromatic carbocycles. The molecule has 0 radical (unpaired) electrons. The van der Waals surface area contributed by atoms with Crippen LogP contribution in [0.5, 0.6) is 0 Å². The number of hydrogen-bond donors (Lipinski definition) is 0. The predicted molar refractivity (Wildman–Crippen MR) is 68.2 cm³/mol. The highest BCUT2D eigenvalue weighted by molar-refractivity contribution is 5.54. The quantitative estimate of drug-likeness (QED) is 0.720.